The Balaban J connectivity index is 2.85. The fourth-order valence-corrected chi connectivity index (χ4v) is 2.10. The molecule has 0 fully saturated rings. The molecular formula is C14H18F6O. The van der Waals surface area contributed by atoms with Gasteiger partial charge >= 0.3 is 12.4 Å². The second-order valence-corrected chi connectivity index (χ2v) is 6.26. The molecular weight excluding hydrogens is 298 g/mol. The lowest BCUT2D eigenvalue weighted by Crippen LogP contribution is -2.46. The summed E-state index contributed by atoms with van der Waals surface area (Å²) in [4.78, 5) is 0. The molecule has 122 valence electrons. The Bertz CT molecular complexity index is 397. The van der Waals surface area contributed by atoms with Crippen LogP contribution >= 0.6 is 0 Å². The molecule has 7 heteroatoms. The average molecular weight is 316 g/mol. The molecule has 0 N–H and O–H groups in total. The first kappa shape index (κ1) is 18.1. The summed E-state index contributed by atoms with van der Waals surface area (Å²) in [7, 11) is 0. The second-order valence-electron chi connectivity index (χ2n) is 6.26. The largest absolute Gasteiger partial charge is 0.423 e. The fourth-order valence-electron chi connectivity index (χ4n) is 2.10. The quantitative estimate of drug-likeness (QED) is 0.514. The zero-order valence-corrected chi connectivity index (χ0v) is 12.0. The third-order valence-corrected chi connectivity index (χ3v) is 2.75. The van der Waals surface area contributed by atoms with Gasteiger partial charge < -0.3 is 4.74 Å². The van der Waals surface area contributed by atoms with Crippen LogP contribution in [0.1, 0.15) is 33.6 Å². The maximum absolute atomic E-state index is 12.4. The van der Waals surface area contributed by atoms with Crippen LogP contribution in [0.25, 0.3) is 0 Å². The highest BCUT2D eigenvalue weighted by Crippen LogP contribution is 2.37. The van der Waals surface area contributed by atoms with Gasteiger partial charge in [-0.15, -0.1) is 0 Å². The summed E-state index contributed by atoms with van der Waals surface area (Å²) in [5.41, 5.74) is 0.674. The zero-order valence-electron chi connectivity index (χ0n) is 12.0. The van der Waals surface area contributed by atoms with E-state index in [1.807, 2.05) is 20.8 Å². The predicted molar refractivity (Wildman–Crippen MR) is 66.7 cm³/mol. The van der Waals surface area contributed by atoms with Gasteiger partial charge in [-0.3, -0.25) is 0 Å². The van der Waals surface area contributed by atoms with Gasteiger partial charge in [-0.25, -0.2) is 0 Å². The first-order valence-electron chi connectivity index (χ1n) is 6.44. The van der Waals surface area contributed by atoms with E-state index in [0.29, 0.717) is 12.8 Å². The van der Waals surface area contributed by atoms with Gasteiger partial charge in [0.1, 0.15) is 0 Å². The average Bonchev–Trinajstić information content (AvgIpc) is 2.20. The Morgan fingerprint density at radius 2 is 1.62 bits per heavy atom. The number of hydrogen-bond donors (Lipinski definition) is 0. The third-order valence-electron chi connectivity index (χ3n) is 2.75. The first-order chi connectivity index (χ1) is 9.29. The minimum atomic E-state index is -5.48. The Labute approximate surface area is 119 Å². The highest BCUT2D eigenvalue weighted by Gasteiger charge is 2.58. The van der Waals surface area contributed by atoms with Crippen LogP contribution in [-0.4, -0.2) is 24.6 Å². The van der Waals surface area contributed by atoms with Gasteiger partial charge in [0.2, 0.25) is 6.10 Å². The Morgan fingerprint density at radius 3 is 2.05 bits per heavy atom. The van der Waals surface area contributed by atoms with E-state index < -0.39 is 24.6 Å². The Kier molecular flexibility index (Phi) is 5.18. The topological polar surface area (TPSA) is 9.23 Å². The van der Waals surface area contributed by atoms with Gasteiger partial charge in [0, 0.05) is 0 Å². The highest BCUT2D eigenvalue weighted by atomic mass is 19.4. The van der Waals surface area contributed by atoms with Crippen molar-refractivity contribution < 1.29 is 31.1 Å². The molecule has 1 nitrogen and oxygen atoms in total. The molecule has 0 spiro atoms. The minimum absolute atomic E-state index is 0.102. The summed E-state index contributed by atoms with van der Waals surface area (Å²) in [5.74, 6) is 0. The molecule has 0 radical (unpaired) electrons. The second kappa shape index (κ2) is 6.02. The molecule has 1 atom stereocenters. The maximum atomic E-state index is 12.4. The van der Waals surface area contributed by atoms with Crippen molar-refractivity contribution in [3.8, 4) is 0 Å². The maximum Gasteiger partial charge on any atom is 0.423 e. The van der Waals surface area contributed by atoms with E-state index in [1.165, 1.54) is 18.2 Å². The van der Waals surface area contributed by atoms with E-state index in [2.05, 4.69) is 4.74 Å². The Hall–Kier alpha value is -0.980. The molecule has 21 heavy (non-hydrogen) atoms. The van der Waals surface area contributed by atoms with Crippen molar-refractivity contribution in [3.63, 3.8) is 0 Å². The van der Waals surface area contributed by atoms with Crippen LogP contribution in [0.15, 0.2) is 23.8 Å². The van der Waals surface area contributed by atoms with Gasteiger partial charge in [0.05, 0.1) is 6.10 Å². The summed E-state index contributed by atoms with van der Waals surface area (Å²) >= 11 is 0. The lowest BCUT2D eigenvalue weighted by atomic mass is 9.85. The molecule has 1 aliphatic rings. The number of alkyl halides is 6. The molecule has 1 unspecified atom stereocenters. The molecule has 0 aliphatic heterocycles. The van der Waals surface area contributed by atoms with Crippen molar-refractivity contribution in [1.82, 2.24) is 0 Å². The lowest BCUT2D eigenvalue weighted by molar-refractivity contribution is -0.324. The monoisotopic (exact) mass is 316 g/mol. The highest BCUT2D eigenvalue weighted by molar-refractivity contribution is 5.21. The number of rotatable bonds is 3. The van der Waals surface area contributed by atoms with E-state index >= 15 is 0 Å². The van der Waals surface area contributed by atoms with Crippen LogP contribution in [0.2, 0.25) is 0 Å². The van der Waals surface area contributed by atoms with E-state index in [1.54, 1.807) is 0 Å². The molecule has 0 saturated heterocycles. The predicted octanol–water partition coefficient (Wildman–Crippen LogP) is 5.19. The van der Waals surface area contributed by atoms with Crippen LogP contribution in [0, 0.1) is 5.41 Å². The number of allylic oxidation sites excluding steroid dienone is 2. The Morgan fingerprint density at radius 1 is 1.10 bits per heavy atom. The molecule has 0 heterocycles. The van der Waals surface area contributed by atoms with Crippen molar-refractivity contribution in [3.05, 3.63) is 23.8 Å². The van der Waals surface area contributed by atoms with Gasteiger partial charge in [-0.2, -0.15) is 26.3 Å². The molecule has 0 aromatic rings. The molecule has 0 aromatic carbocycles. The number of hydrogen-bond acceptors (Lipinski definition) is 1. The van der Waals surface area contributed by atoms with Crippen molar-refractivity contribution >= 4 is 0 Å². The van der Waals surface area contributed by atoms with Crippen LogP contribution in [0.5, 0.6) is 0 Å². The van der Waals surface area contributed by atoms with Crippen LogP contribution in [-0.2, 0) is 4.74 Å². The van der Waals surface area contributed by atoms with Crippen LogP contribution in [0.4, 0.5) is 26.3 Å². The lowest BCUT2D eigenvalue weighted by Gasteiger charge is -2.28. The molecule has 0 bridgehead atoms. The van der Waals surface area contributed by atoms with E-state index in [0.717, 1.165) is 5.57 Å². The summed E-state index contributed by atoms with van der Waals surface area (Å²) in [6.45, 7) is 5.82. The summed E-state index contributed by atoms with van der Waals surface area (Å²) < 4.78 is 78.9. The summed E-state index contributed by atoms with van der Waals surface area (Å²) in [6.07, 6.45) is -10.9. The normalized spacial score (nSPS) is 20.9. The first-order valence-corrected chi connectivity index (χ1v) is 6.44. The van der Waals surface area contributed by atoms with Crippen molar-refractivity contribution in [1.29, 1.82) is 0 Å². The molecule has 0 saturated carbocycles. The smallest absolute Gasteiger partial charge is 0.349 e. The van der Waals surface area contributed by atoms with Gasteiger partial charge in [-0.05, 0) is 18.3 Å². The SMILES string of the molecule is CC(C)(C)CC1=CC(OC(C(F)(F)F)C(F)(F)F)C=CC1. The zero-order chi connectivity index (χ0) is 16.5. The fraction of sp³-hybridized carbons (Fsp3) is 0.714. The van der Waals surface area contributed by atoms with E-state index in [-0.39, 0.29) is 5.41 Å². The van der Waals surface area contributed by atoms with Crippen LogP contribution in [0.3, 0.4) is 0 Å². The number of halogens is 6. The van der Waals surface area contributed by atoms with Crippen LogP contribution < -0.4 is 0 Å². The molecule has 1 aliphatic carbocycles. The molecule has 0 aromatic heterocycles. The van der Waals surface area contributed by atoms with Gasteiger partial charge in [-0.1, -0.05) is 44.6 Å². The van der Waals surface area contributed by atoms with Crippen molar-refractivity contribution in [2.75, 3.05) is 0 Å². The summed E-state index contributed by atoms with van der Waals surface area (Å²) in [6, 6.07) is 0. The summed E-state index contributed by atoms with van der Waals surface area (Å²) in [5, 5.41) is 0. The van der Waals surface area contributed by atoms with Gasteiger partial charge in [0.25, 0.3) is 0 Å². The molecule has 1 rings (SSSR count). The third kappa shape index (κ3) is 6.11. The van der Waals surface area contributed by atoms with Crippen molar-refractivity contribution in [2.24, 2.45) is 5.41 Å². The van der Waals surface area contributed by atoms with E-state index in [4.69, 9.17) is 0 Å². The molecule has 0 amide bonds. The van der Waals surface area contributed by atoms with Gasteiger partial charge in [0.15, 0.2) is 0 Å². The number of ether oxygens (including phenoxy) is 1. The van der Waals surface area contributed by atoms with E-state index in [9.17, 15) is 26.3 Å². The van der Waals surface area contributed by atoms with Crippen molar-refractivity contribution in [2.45, 2.75) is 58.2 Å². The minimum Gasteiger partial charge on any atom is -0.349 e. The standard InChI is InChI=1S/C14H18F6O/c1-12(2,3)8-9-5-4-6-10(7-9)21-11(13(15,16)17)14(18,19)20/h4,6-7,10-11H,5,8H2,1-3H3.